The molecule has 0 atom stereocenters. The van der Waals surface area contributed by atoms with Crippen molar-refractivity contribution in [2.24, 2.45) is 5.41 Å². The molecule has 3 nitrogen and oxygen atoms in total. The van der Waals surface area contributed by atoms with Gasteiger partial charge in [-0.2, -0.15) is 0 Å². The summed E-state index contributed by atoms with van der Waals surface area (Å²) in [6, 6.07) is 5.29. The summed E-state index contributed by atoms with van der Waals surface area (Å²) in [5, 5.41) is 9.15. The lowest BCUT2D eigenvalue weighted by Crippen LogP contribution is -2.31. The van der Waals surface area contributed by atoms with E-state index in [0.717, 1.165) is 12.1 Å². The number of benzene rings is 1. The third kappa shape index (κ3) is 2.26. The molecule has 0 bridgehead atoms. The minimum atomic E-state index is -1.04. The van der Waals surface area contributed by atoms with Gasteiger partial charge in [0.1, 0.15) is 0 Å². The van der Waals surface area contributed by atoms with Crippen LogP contribution in [0, 0.1) is 17.0 Å². The second kappa shape index (κ2) is 4.87. The number of fused-ring (bicyclic) bond motifs is 1. The Hall–Kier alpha value is -2.30. The Morgan fingerprint density at radius 2 is 1.82 bits per heavy atom. The first-order chi connectivity index (χ1) is 10.3. The predicted molar refractivity (Wildman–Crippen MR) is 77.7 cm³/mol. The summed E-state index contributed by atoms with van der Waals surface area (Å²) in [5.41, 5.74) is 1.42. The number of nitrogens with zero attached hydrogens (tertiary/aromatic N) is 1. The van der Waals surface area contributed by atoms with Gasteiger partial charge in [0.25, 0.3) is 0 Å². The lowest BCUT2D eigenvalue weighted by Gasteiger charge is -2.29. The van der Waals surface area contributed by atoms with E-state index in [9.17, 15) is 13.6 Å². The second-order valence-electron chi connectivity index (χ2n) is 6.19. The predicted octanol–water partition coefficient (Wildman–Crippen LogP) is 3.89. The van der Waals surface area contributed by atoms with Crippen molar-refractivity contribution in [2.75, 3.05) is 0 Å². The molecule has 22 heavy (non-hydrogen) atoms. The van der Waals surface area contributed by atoms with Crippen molar-refractivity contribution >= 4 is 5.78 Å². The highest BCUT2D eigenvalue weighted by molar-refractivity contribution is 6.02. The molecular formula is C17H15F2NO2. The zero-order valence-corrected chi connectivity index (χ0v) is 12.3. The Bertz CT molecular complexity index is 761. The Balaban J connectivity index is 2.07. The number of aromatic hydroxyl groups is 1. The maximum Gasteiger partial charge on any atom is 0.187 e. The molecule has 0 saturated heterocycles. The van der Waals surface area contributed by atoms with Crippen LogP contribution in [0.4, 0.5) is 8.78 Å². The number of hydrogen-bond donors (Lipinski definition) is 1. The number of rotatable bonds is 1. The molecule has 0 aliphatic heterocycles. The highest BCUT2D eigenvalue weighted by atomic mass is 19.1. The molecule has 1 aromatic heterocycles. The Labute approximate surface area is 126 Å². The molecule has 0 spiro atoms. The maximum atomic E-state index is 13.5. The minimum absolute atomic E-state index is 0.0378. The van der Waals surface area contributed by atoms with Crippen molar-refractivity contribution in [2.45, 2.75) is 26.7 Å². The molecule has 1 heterocycles. The zero-order valence-electron chi connectivity index (χ0n) is 12.3. The summed E-state index contributed by atoms with van der Waals surface area (Å²) in [7, 11) is 0. The summed E-state index contributed by atoms with van der Waals surface area (Å²) in [6.07, 6.45) is 1.33. The highest BCUT2D eigenvalue weighted by Crippen LogP contribution is 2.35. The van der Waals surface area contributed by atoms with Gasteiger partial charge in [-0.3, -0.25) is 9.78 Å². The van der Waals surface area contributed by atoms with Crippen LogP contribution >= 0.6 is 0 Å². The van der Waals surface area contributed by atoms with E-state index >= 15 is 0 Å². The van der Waals surface area contributed by atoms with Crippen molar-refractivity contribution in [1.29, 1.82) is 0 Å². The first kappa shape index (κ1) is 14.6. The van der Waals surface area contributed by atoms with Gasteiger partial charge in [0, 0.05) is 16.5 Å². The van der Waals surface area contributed by atoms with Crippen LogP contribution < -0.4 is 0 Å². The fraction of sp³-hybridized carbons (Fsp3) is 0.294. The Morgan fingerprint density at radius 3 is 2.45 bits per heavy atom. The molecule has 2 aromatic rings. The van der Waals surface area contributed by atoms with Gasteiger partial charge in [-0.05, 0) is 37.1 Å². The number of pyridine rings is 1. The normalized spacial score (nSPS) is 16.5. The molecule has 1 N–H and O–H groups in total. The monoisotopic (exact) mass is 303 g/mol. The van der Waals surface area contributed by atoms with E-state index in [4.69, 9.17) is 5.11 Å². The zero-order chi connectivity index (χ0) is 16.1. The molecule has 1 aliphatic rings. The number of phenols is 1. The largest absolute Gasteiger partial charge is 0.503 e. The number of ketones is 1. The number of hydrogen-bond acceptors (Lipinski definition) is 3. The number of phenolic OH excluding ortho intramolecular Hbond substituents is 1. The smallest absolute Gasteiger partial charge is 0.187 e. The fourth-order valence-electron chi connectivity index (χ4n) is 2.68. The molecule has 0 saturated carbocycles. The SMILES string of the molecule is CC1(C)CCc2nc(-c3cc(F)c(O)c(F)c3)ccc2C1=O. The number of Topliss-reactive ketones (excluding diaryl/α,β-unsaturated/α-hetero) is 1. The molecule has 3 rings (SSSR count). The minimum Gasteiger partial charge on any atom is -0.503 e. The van der Waals surface area contributed by atoms with Crippen molar-refractivity contribution in [3.63, 3.8) is 0 Å². The van der Waals surface area contributed by atoms with E-state index in [0.29, 0.717) is 29.8 Å². The van der Waals surface area contributed by atoms with Crippen molar-refractivity contribution in [1.82, 2.24) is 4.98 Å². The lowest BCUT2D eigenvalue weighted by molar-refractivity contribution is 0.0809. The summed E-state index contributed by atoms with van der Waals surface area (Å²) < 4.78 is 26.9. The van der Waals surface area contributed by atoms with Gasteiger partial charge in [-0.15, -0.1) is 0 Å². The third-order valence-corrected chi connectivity index (χ3v) is 4.13. The average Bonchev–Trinajstić information content (AvgIpc) is 2.48. The van der Waals surface area contributed by atoms with Crippen LogP contribution in [0.1, 0.15) is 36.3 Å². The van der Waals surface area contributed by atoms with E-state index in [2.05, 4.69) is 4.98 Å². The topological polar surface area (TPSA) is 50.2 Å². The van der Waals surface area contributed by atoms with Crippen LogP contribution in [0.15, 0.2) is 24.3 Å². The summed E-state index contributed by atoms with van der Waals surface area (Å²) >= 11 is 0. The maximum absolute atomic E-state index is 13.5. The fourth-order valence-corrected chi connectivity index (χ4v) is 2.68. The van der Waals surface area contributed by atoms with Crippen LogP contribution in [0.5, 0.6) is 5.75 Å². The van der Waals surface area contributed by atoms with Gasteiger partial charge in [0.2, 0.25) is 0 Å². The Kier molecular flexibility index (Phi) is 3.24. The van der Waals surface area contributed by atoms with Gasteiger partial charge in [-0.25, -0.2) is 8.78 Å². The van der Waals surface area contributed by atoms with Crippen molar-refractivity contribution < 1.29 is 18.7 Å². The molecule has 1 aliphatic carbocycles. The molecule has 114 valence electrons. The van der Waals surface area contributed by atoms with Gasteiger partial charge in [0.05, 0.1) is 11.4 Å². The standard InChI is InChI=1S/C17H15F2NO2/c1-17(2)6-5-14-10(16(17)22)3-4-13(20-14)9-7-11(18)15(21)12(19)8-9/h3-4,7-8,21H,5-6H2,1-2H3. The average molecular weight is 303 g/mol. The van der Waals surface area contributed by atoms with Crippen LogP contribution in [0.25, 0.3) is 11.3 Å². The van der Waals surface area contributed by atoms with E-state index in [1.807, 2.05) is 13.8 Å². The van der Waals surface area contributed by atoms with E-state index in [1.54, 1.807) is 12.1 Å². The molecule has 0 unspecified atom stereocenters. The molecular weight excluding hydrogens is 288 g/mol. The van der Waals surface area contributed by atoms with Gasteiger partial charge in [0.15, 0.2) is 23.2 Å². The number of aromatic nitrogens is 1. The van der Waals surface area contributed by atoms with Gasteiger partial charge >= 0.3 is 0 Å². The number of halogens is 2. The van der Waals surface area contributed by atoms with Gasteiger partial charge in [-0.1, -0.05) is 13.8 Å². The summed E-state index contributed by atoms with van der Waals surface area (Å²) in [5.74, 6) is -3.03. The molecule has 0 radical (unpaired) electrons. The molecule has 1 aromatic carbocycles. The molecule has 5 heteroatoms. The van der Waals surface area contributed by atoms with Gasteiger partial charge < -0.3 is 5.11 Å². The summed E-state index contributed by atoms with van der Waals surface area (Å²) in [6.45, 7) is 3.80. The number of carbonyl (C=O) groups is 1. The Morgan fingerprint density at radius 1 is 1.18 bits per heavy atom. The first-order valence-corrected chi connectivity index (χ1v) is 7.03. The van der Waals surface area contributed by atoms with Crippen molar-refractivity contribution in [3.05, 3.63) is 47.2 Å². The lowest BCUT2D eigenvalue weighted by atomic mass is 9.75. The molecule has 0 fully saturated rings. The quantitative estimate of drug-likeness (QED) is 0.869. The van der Waals surface area contributed by atoms with E-state index < -0.39 is 22.8 Å². The van der Waals surface area contributed by atoms with E-state index in [-0.39, 0.29) is 11.3 Å². The molecule has 0 amide bonds. The van der Waals surface area contributed by atoms with Crippen LogP contribution in [0.3, 0.4) is 0 Å². The highest BCUT2D eigenvalue weighted by Gasteiger charge is 2.34. The van der Waals surface area contributed by atoms with Crippen LogP contribution in [-0.4, -0.2) is 15.9 Å². The van der Waals surface area contributed by atoms with E-state index in [1.165, 1.54) is 0 Å². The van der Waals surface area contributed by atoms with Crippen molar-refractivity contribution in [3.8, 4) is 17.0 Å². The first-order valence-electron chi connectivity index (χ1n) is 7.03. The number of carbonyl (C=O) groups excluding carboxylic acids is 1. The number of aryl methyl sites for hydroxylation is 1. The van der Waals surface area contributed by atoms with Crippen LogP contribution in [0.2, 0.25) is 0 Å². The summed E-state index contributed by atoms with van der Waals surface area (Å²) in [4.78, 5) is 16.7. The van der Waals surface area contributed by atoms with Crippen LogP contribution in [-0.2, 0) is 6.42 Å². The third-order valence-electron chi connectivity index (χ3n) is 4.13. The second-order valence-corrected chi connectivity index (χ2v) is 6.19.